The van der Waals surface area contributed by atoms with Gasteiger partial charge in [-0.05, 0) is 33.1 Å². The lowest BCUT2D eigenvalue weighted by Gasteiger charge is -2.24. The first kappa shape index (κ1) is 15.6. The molecule has 3 atom stereocenters. The van der Waals surface area contributed by atoms with Gasteiger partial charge in [0.05, 0.1) is 12.5 Å². The molecule has 2 aliphatic heterocycles. The molecule has 0 aromatic rings. The van der Waals surface area contributed by atoms with Crippen molar-refractivity contribution in [3.63, 3.8) is 0 Å². The highest BCUT2D eigenvalue weighted by molar-refractivity contribution is 5.85. The third-order valence-corrected chi connectivity index (χ3v) is 4.60. The highest BCUT2D eigenvalue weighted by Crippen LogP contribution is 2.41. The molecule has 2 N–H and O–H groups in total. The summed E-state index contributed by atoms with van der Waals surface area (Å²) in [6.45, 7) is 4.97. The average Bonchev–Trinajstić information content (AvgIpc) is 3.03. The van der Waals surface area contributed by atoms with Crippen molar-refractivity contribution in [3.8, 4) is 0 Å². The summed E-state index contributed by atoms with van der Waals surface area (Å²) >= 11 is 0. The number of nitrogens with zero attached hydrogens (tertiary/aromatic N) is 2. The lowest BCUT2D eigenvalue weighted by molar-refractivity contribution is -0.142. The van der Waals surface area contributed by atoms with Gasteiger partial charge in [0.1, 0.15) is 0 Å². The largest absolute Gasteiger partial charge is 0.481 e. The quantitative estimate of drug-likeness (QED) is 0.773. The van der Waals surface area contributed by atoms with Gasteiger partial charge >= 0.3 is 12.0 Å². The van der Waals surface area contributed by atoms with Gasteiger partial charge in [-0.3, -0.25) is 9.59 Å². The predicted octanol–water partition coefficient (Wildman–Crippen LogP) is 0.502. The van der Waals surface area contributed by atoms with Crippen LogP contribution in [0.1, 0.15) is 33.1 Å². The fourth-order valence-electron chi connectivity index (χ4n) is 3.50. The van der Waals surface area contributed by atoms with Gasteiger partial charge in [0.25, 0.3) is 0 Å². The number of likely N-dealkylation sites (N-methyl/N-ethyl adjacent to an activating group) is 1. The van der Waals surface area contributed by atoms with Crippen LogP contribution in [0, 0.1) is 5.92 Å². The van der Waals surface area contributed by atoms with E-state index in [-0.39, 0.29) is 30.6 Å². The molecule has 2 fully saturated rings. The molecule has 0 spiro atoms. The van der Waals surface area contributed by atoms with E-state index in [4.69, 9.17) is 0 Å². The SMILES string of the molecule is CCN(CC)C(=O)CNC(=O)N1C2CCC1C(C(=O)O)C2. The Kier molecular flexibility index (Phi) is 4.69. The van der Waals surface area contributed by atoms with Crippen molar-refractivity contribution in [1.29, 1.82) is 0 Å². The summed E-state index contributed by atoms with van der Waals surface area (Å²) in [5.74, 6) is -1.41. The minimum atomic E-state index is -0.834. The zero-order valence-electron chi connectivity index (χ0n) is 12.5. The lowest BCUT2D eigenvalue weighted by atomic mass is 9.89. The number of carboxylic acids is 1. The lowest BCUT2D eigenvalue weighted by Crippen LogP contribution is -2.48. The van der Waals surface area contributed by atoms with E-state index in [2.05, 4.69) is 5.32 Å². The van der Waals surface area contributed by atoms with Crippen molar-refractivity contribution in [2.45, 2.75) is 45.2 Å². The van der Waals surface area contributed by atoms with Gasteiger partial charge in [-0.1, -0.05) is 0 Å². The van der Waals surface area contributed by atoms with Crippen LogP contribution in [0.3, 0.4) is 0 Å². The smallest absolute Gasteiger partial charge is 0.318 e. The molecule has 2 rings (SSSR count). The van der Waals surface area contributed by atoms with E-state index in [0.717, 1.165) is 12.8 Å². The van der Waals surface area contributed by atoms with E-state index in [1.54, 1.807) is 9.80 Å². The second-order valence-electron chi connectivity index (χ2n) is 5.61. The molecule has 2 aliphatic rings. The zero-order valence-corrected chi connectivity index (χ0v) is 12.5. The summed E-state index contributed by atoms with van der Waals surface area (Å²) in [6.07, 6.45) is 2.11. The van der Waals surface area contributed by atoms with E-state index in [1.807, 2.05) is 13.8 Å². The molecule has 0 aliphatic carbocycles. The third-order valence-electron chi connectivity index (χ3n) is 4.60. The van der Waals surface area contributed by atoms with E-state index >= 15 is 0 Å². The van der Waals surface area contributed by atoms with Gasteiger partial charge in [0.15, 0.2) is 0 Å². The summed E-state index contributed by atoms with van der Waals surface area (Å²) in [6, 6.07) is -0.539. The minimum Gasteiger partial charge on any atom is -0.481 e. The van der Waals surface area contributed by atoms with E-state index in [1.165, 1.54) is 0 Å². The molecule has 0 aromatic heterocycles. The predicted molar refractivity (Wildman–Crippen MR) is 75.7 cm³/mol. The van der Waals surface area contributed by atoms with Crippen molar-refractivity contribution < 1.29 is 19.5 Å². The minimum absolute atomic E-state index is 0.000319. The maximum Gasteiger partial charge on any atom is 0.318 e. The number of carbonyl (C=O) groups is 3. The first-order chi connectivity index (χ1) is 9.99. The van der Waals surface area contributed by atoms with Crippen molar-refractivity contribution in [3.05, 3.63) is 0 Å². The Morgan fingerprint density at radius 2 is 1.90 bits per heavy atom. The number of rotatable bonds is 5. The van der Waals surface area contributed by atoms with Gasteiger partial charge in [-0.25, -0.2) is 4.79 Å². The van der Waals surface area contributed by atoms with E-state index in [9.17, 15) is 19.5 Å². The maximum absolute atomic E-state index is 12.2. The van der Waals surface area contributed by atoms with Crippen LogP contribution in [0.5, 0.6) is 0 Å². The normalized spacial score (nSPS) is 26.8. The van der Waals surface area contributed by atoms with Crippen LogP contribution in [0.2, 0.25) is 0 Å². The first-order valence-corrected chi connectivity index (χ1v) is 7.56. The fourth-order valence-corrected chi connectivity index (χ4v) is 3.50. The standard InChI is InChI=1S/C14H23N3O4/c1-3-16(4-2)12(18)8-15-14(21)17-9-5-6-11(17)10(7-9)13(19)20/h9-11H,3-8H2,1-2H3,(H,15,21)(H,19,20). The van der Waals surface area contributed by atoms with Crippen LogP contribution in [0.25, 0.3) is 0 Å². The average molecular weight is 297 g/mol. The Balaban J connectivity index is 1.90. The highest BCUT2D eigenvalue weighted by Gasteiger charge is 2.51. The molecule has 7 heteroatoms. The number of amides is 3. The van der Waals surface area contributed by atoms with Crippen LogP contribution in [-0.2, 0) is 9.59 Å². The second kappa shape index (κ2) is 6.32. The number of nitrogens with one attached hydrogen (secondary N) is 1. The fraction of sp³-hybridized carbons (Fsp3) is 0.786. The summed E-state index contributed by atoms with van der Waals surface area (Å²) in [5, 5.41) is 11.8. The Morgan fingerprint density at radius 3 is 2.43 bits per heavy atom. The van der Waals surface area contributed by atoms with Crippen LogP contribution in [0.4, 0.5) is 4.79 Å². The number of aliphatic carboxylic acids is 1. The molecular formula is C14H23N3O4. The molecular weight excluding hydrogens is 274 g/mol. The van der Waals surface area contributed by atoms with E-state index < -0.39 is 11.9 Å². The summed E-state index contributed by atoms with van der Waals surface area (Å²) in [4.78, 5) is 38.6. The van der Waals surface area contributed by atoms with Gasteiger partial charge in [0.2, 0.25) is 5.91 Å². The molecule has 7 nitrogen and oxygen atoms in total. The number of fused-ring (bicyclic) bond motifs is 2. The topological polar surface area (TPSA) is 90.0 Å². The van der Waals surface area contributed by atoms with E-state index in [0.29, 0.717) is 19.5 Å². The molecule has 2 bridgehead atoms. The molecule has 3 amide bonds. The Labute approximate surface area is 124 Å². The van der Waals surface area contributed by atoms with Gasteiger partial charge in [0, 0.05) is 25.2 Å². The molecule has 0 aromatic carbocycles. The molecule has 3 unspecified atom stereocenters. The first-order valence-electron chi connectivity index (χ1n) is 7.56. The third kappa shape index (κ3) is 2.96. The number of hydrogen-bond donors (Lipinski definition) is 2. The number of urea groups is 1. The van der Waals surface area contributed by atoms with Crippen molar-refractivity contribution in [2.75, 3.05) is 19.6 Å². The molecule has 0 saturated carbocycles. The molecule has 118 valence electrons. The number of carboxylic acid groups (broad SMARTS) is 1. The van der Waals surface area contributed by atoms with Crippen LogP contribution >= 0.6 is 0 Å². The summed E-state index contributed by atoms with van der Waals surface area (Å²) in [7, 11) is 0. The Bertz CT molecular complexity index is 436. The number of carbonyl (C=O) groups excluding carboxylic acids is 2. The Morgan fingerprint density at radius 1 is 1.24 bits per heavy atom. The maximum atomic E-state index is 12.2. The van der Waals surface area contributed by atoms with Gasteiger partial charge in [-0.2, -0.15) is 0 Å². The Hall–Kier alpha value is -1.79. The van der Waals surface area contributed by atoms with Crippen LogP contribution in [-0.4, -0.2) is 64.5 Å². The zero-order chi connectivity index (χ0) is 15.6. The monoisotopic (exact) mass is 297 g/mol. The molecule has 0 radical (unpaired) electrons. The van der Waals surface area contributed by atoms with Gasteiger partial charge in [-0.15, -0.1) is 0 Å². The van der Waals surface area contributed by atoms with Crippen LogP contribution < -0.4 is 5.32 Å². The van der Waals surface area contributed by atoms with Crippen molar-refractivity contribution in [1.82, 2.24) is 15.1 Å². The summed E-state index contributed by atoms with van der Waals surface area (Å²) in [5.41, 5.74) is 0. The number of hydrogen-bond acceptors (Lipinski definition) is 3. The highest BCUT2D eigenvalue weighted by atomic mass is 16.4. The molecule has 21 heavy (non-hydrogen) atoms. The van der Waals surface area contributed by atoms with Gasteiger partial charge < -0.3 is 20.2 Å². The summed E-state index contributed by atoms with van der Waals surface area (Å²) < 4.78 is 0. The second-order valence-corrected chi connectivity index (χ2v) is 5.61. The van der Waals surface area contributed by atoms with Crippen molar-refractivity contribution in [2.24, 2.45) is 5.92 Å². The van der Waals surface area contributed by atoms with Crippen LogP contribution in [0.15, 0.2) is 0 Å². The molecule has 2 heterocycles. The molecule has 2 saturated heterocycles. The van der Waals surface area contributed by atoms with Crippen molar-refractivity contribution >= 4 is 17.9 Å².